The lowest BCUT2D eigenvalue weighted by Crippen LogP contribution is -2.55. The highest BCUT2D eigenvalue weighted by atomic mass is 16.3. The van der Waals surface area contributed by atoms with Gasteiger partial charge < -0.3 is 10.8 Å². The summed E-state index contributed by atoms with van der Waals surface area (Å²) in [6, 6.07) is 1.04. The molecule has 2 unspecified atom stereocenters. The van der Waals surface area contributed by atoms with Gasteiger partial charge in [0.15, 0.2) is 0 Å². The second-order valence-electron chi connectivity index (χ2n) is 5.79. The minimum atomic E-state index is 0.182. The van der Waals surface area contributed by atoms with Gasteiger partial charge >= 0.3 is 0 Å². The maximum atomic E-state index is 9.68. The zero-order valence-corrected chi connectivity index (χ0v) is 11.1. The molecule has 0 heterocycles. The SMILES string of the molecule is CCN(C1CCCCC1)C(CO)C(N)C1CC1. The smallest absolute Gasteiger partial charge is 0.0602 e. The van der Waals surface area contributed by atoms with Crippen LogP contribution in [0, 0.1) is 5.92 Å². The maximum absolute atomic E-state index is 9.68. The quantitative estimate of drug-likeness (QED) is 0.743. The zero-order chi connectivity index (χ0) is 12.3. The largest absolute Gasteiger partial charge is 0.395 e. The monoisotopic (exact) mass is 240 g/mol. The van der Waals surface area contributed by atoms with E-state index in [0.29, 0.717) is 12.0 Å². The lowest BCUT2D eigenvalue weighted by molar-refractivity contribution is 0.0509. The lowest BCUT2D eigenvalue weighted by Gasteiger charge is -2.41. The van der Waals surface area contributed by atoms with Crippen molar-refractivity contribution in [2.24, 2.45) is 11.7 Å². The van der Waals surface area contributed by atoms with Crippen LogP contribution in [0.3, 0.4) is 0 Å². The van der Waals surface area contributed by atoms with E-state index in [1.54, 1.807) is 0 Å². The van der Waals surface area contributed by atoms with E-state index in [-0.39, 0.29) is 18.7 Å². The molecule has 17 heavy (non-hydrogen) atoms. The molecule has 2 atom stereocenters. The van der Waals surface area contributed by atoms with E-state index >= 15 is 0 Å². The minimum Gasteiger partial charge on any atom is -0.395 e. The molecule has 0 aromatic carbocycles. The van der Waals surface area contributed by atoms with Crippen molar-refractivity contribution in [1.29, 1.82) is 0 Å². The third-order valence-electron chi connectivity index (χ3n) is 4.63. The first-order valence-electron chi connectivity index (χ1n) is 7.40. The van der Waals surface area contributed by atoms with Crippen molar-refractivity contribution < 1.29 is 5.11 Å². The number of nitrogens with zero attached hydrogens (tertiary/aromatic N) is 1. The van der Waals surface area contributed by atoms with Crippen molar-refractivity contribution >= 4 is 0 Å². The van der Waals surface area contributed by atoms with Crippen molar-refractivity contribution in [3.63, 3.8) is 0 Å². The van der Waals surface area contributed by atoms with Crippen molar-refractivity contribution in [2.75, 3.05) is 13.2 Å². The molecule has 100 valence electrons. The standard InChI is InChI=1S/C14H28N2O/c1-2-16(12-6-4-3-5-7-12)13(10-17)14(15)11-8-9-11/h11-14,17H,2-10,15H2,1H3. The first kappa shape index (κ1) is 13.3. The molecular formula is C14H28N2O. The van der Waals surface area contributed by atoms with E-state index in [1.165, 1.54) is 44.9 Å². The predicted molar refractivity (Wildman–Crippen MR) is 70.8 cm³/mol. The molecular weight excluding hydrogens is 212 g/mol. The molecule has 2 fully saturated rings. The van der Waals surface area contributed by atoms with Crippen molar-refractivity contribution in [1.82, 2.24) is 4.90 Å². The highest BCUT2D eigenvalue weighted by Crippen LogP contribution is 2.35. The molecule has 0 spiro atoms. The van der Waals surface area contributed by atoms with E-state index in [9.17, 15) is 5.11 Å². The Morgan fingerprint density at radius 3 is 2.29 bits per heavy atom. The van der Waals surface area contributed by atoms with E-state index < -0.39 is 0 Å². The zero-order valence-electron chi connectivity index (χ0n) is 11.1. The summed E-state index contributed by atoms with van der Waals surface area (Å²) in [5, 5.41) is 9.68. The van der Waals surface area contributed by atoms with Gasteiger partial charge in [0.25, 0.3) is 0 Å². The Morgan fingerprint density at radius 1 is 1.18 bits per heavy atom. The normalized spacial score (nSPS) is 26.1. The molecule has 3 N–H and O–H groups in total. The van der Waals surface area contributed by atoms with Crippen LogP contribution in [-0.4, -0.2) is 41.3 Å². The number of rotatable bonds is 6. The highest BCUT2D eigenvalue weighted by Gasteiger charge is 2.38. The summed E-state index contributed by atoms with van der Waals surface area (Å²) in [7, 11) is 0. The molecule has 2 aliphatic carbocycles. The molecule has 3 heteroatoms. The van der Waals surface area contributed by atoms with Crippen LogP contribution in [0.5, 0.6) is 0 Å². The fraction of sp³-hybridized carbons (Fsp3) is 1.00. The fourth-order valence-corrected chi connectivity index (χ4v) is 3.42. The molecule has 0 amide bonds. The average Bonchev–Trinajstić information content (AvgIpc) is 3.20. The number of likely N-dealkylation sites (N-methyl/N-ethyl adjacent to an activating group) is 1. The predicted octanol–water partition coefficient (Wildman–Crippen LogP) is 1.74. The highest BCUT2D eigenvalue weighted by molar-refractivity contribution is 4.95. The summed E-state index contributed by atoms with van der Waals surface area (Å²) in [6.45, 7) is 3.45. The Kier molecular flexibility index (Phi) is 4.83. The molecule has 3 nitrogen and oxygen atoms in total. The van der Waals surface area contributed by atoms with Gasteiger partial charge in [0.1, 0.15) is 0 Å². The summed E-state index contributed by atoms with van der Waals surface area (Å²) < 4.78 is 0. The van der Waals surface area contributed by atoms with Gasteiger partial charge in [-0.3, -0.25) is 4.90 Å². The third kappa shape index (κ3) is 3.21. The van der Waals surface area contributed by atoms with Crippen LogP contribution in [-0.2, 0) is 0 Å². The molecule has 0 aromatic rings. The van der Waals surface area contributed by atoms with Gasteiger partial charge in [-0.05, 0) is 38.1 Å². The van der Waals surface area contributed by atoms with Gasteiger partial charge in [-0.15, -0.1) is 0 Å². The van der Waals surface area contributed by atoms with Gasteiger partial charge in [0, 0.05) is 18.1 Å². The van der Waals surface area contributed by atoms with Crippen LogP contribution < -0.4 is 5.73 Å². The summed E-state index contributed by atoms with van der Waals surface area (Å²) in [4.78, 5) is 2.49. The van der Waals surface area contributed by atoms with Gasteiger partial charge in [0.2, 0.25) is 0 Å². The Bertz CT molecular complexity index is 224. The molecule has 0 bridgehead atoms. The number of nitrogens with two attached hydrogens (primary N) is 1. The topological polar surface area (TPSA) is 49.5 Å². The Balaban J connectivity index is 1.97. The third-order valence-corrected chi connectivity index (χ3v) is 4.63. The van der Waals surface area contributed by atoms with E-state index in [2.05, 4.69) is 11.8 Å². The maximum Gasteiger partial charge on any atom is 0.0602 e. The number of hydrogen-bond acceptors (Lipinski definition) is 3. The second kappa shape index (κ2) is 6.17. The van der Waals surface area contributed by atoms with Crippen LogP contribution in [0.15, 0.2) is 0 Å². The molecule has 0 aliphatic heterocycles. The molecule has 0 saturated heterocycles. The lowest BCUT2D eigenvalue weighted by atomic mass is 9.91. The minimum absolute atomic E-state index is 0.182. The number of aliphatic hydroxyl groups is 1. The molecule has 2 aliphatic rings. The van der Waals surface area contributed by atoms with Crippen LogP contribution in [0.25, 0.3) is 0 Å². The van der Waals surface area contributed by atoms with E-state index in [0.717, 1.165) is 6.54 Å². The van der Waals surface area contributed by atoms with E-state index in [4.69, 9.17) is 5.73 Å². The fourth-order valence-electron chi connectivity index (χ4n) is 3.42. The Hall–Kier alpha value is -0.120. The van der Waals surface area contributed by atoms with Crippen LogP contribution in [0.1, 0.15) is 51.9 Å². The average molecular weight is 240 g/mol. The van der Waals surface area contributed by atoms with Crippen LogP contribution in [0.4, 0.5) is 0 Å². The molecule has 0 aromatic heterocycles. The van der Waals surface area contributed by atoms with Crippen LogP contribution >= 0.6 is 0 Å². The van der Waals surface area contributed by atoms with E-state index in [1.807, 2.05) is 0 Å². The summed E-state index contributed by atoms with van der Waals surface area (Å²) >= 11 is 0. The molecule has 2 saturated carbocycles. The number of aliphatic hydroxyl groups excluding tert-OH is 1. The van der Waals surface area contributed by atoms with Gasteiger partial charge in [-0.1, -0.05) is 26.2 Å². The Labute approximate surface area is 105 Å². The first-order valence-corrected chi connectivity index (χ1v) is 7.40. The summed E-state index contributed by atoms with van der Waals surface area (Å²) in [5.74, 6) is 0.671. The summed E-state index contributed by atoms with van der Waals surface area (Å²) in [5.41, 5.74) is 6.32. The van der Waals surface area contributed by atoms with Crippen molar-refractivity contribution in [3.05, 3.63) is 0 Å². The number of hydrogen-bond donors (Lipinski definition) is 2. The van der Waals surface area contributed by atoms with Gasteiger partial charge in [-0.2, -0.15) is 0 Å². The summed E-state index contributed by atoms with van der Waals surface area (Å²) in [6.07, 6.45) is 9.19. The Morgan fingerprint density at radius 2 is 1.82 bits per heavy atom. The second-order valence-corrected chi connectivity index (χ2v) is 5.79. The van der Waals surface area contributed by atoms with Crippen molar-refractivity contribution in [2.45, 2.75) is 70.0 Å². The first-order chi connectivity index (χ1) is 8.27. The van der Waals surface area contributed by atoms with Gasteiger partial charge in [-0.25, -0.2) is 0 Å². The van der Waals surface area contributed by atoms with Gasteiger partial charge in [0.05, 0.1) is 6.61 Å². The molecule has 0 radical (unpaired) electrons. The van der Waals surface area contributed by atoms with Crippen LogP contribution in [0.2, 0.25) is 0 Å². The molecule has 2 rings (SSSR count). The van der Waals surface area contributed by atoms with Crippen molar-refractivity contribution in [3.8, 4) is 0 Å².